The van der Waals surface area contributed by atoms with Crippen LogP contribution in [0.4, 0.5) is 0 Å². The molecular formula is C19H19NO2. The SMILES string of the molecule is CC(=O)Oc1cccc(/C=C2\CCCc3cc(C)cnc32)c1. The molecule has 2 aromatic rings. The van der Waals surface area contributed by atoms with Crippen molar-refractivity contribution < 1.29 is 9.53 Å². The molecule has 3 rings (SSSR count). The van der Waals surface area contributed by atoms with Crippen LogP contribution in [0.5, 0.6) is 5.75 Å². The van der Waals surface area contributed by atoms with E-state index in [2.05, 4.69) is 24.1 Å². The van der Waals surface area contributed by atoms with Gasteiger partial charge < -0.3 is 4.74 Å². The highest BCUT2D eigenvalue weighted by Crippen LogP contribution is 2.31. The van der Waals surface area contributed by atoms with Crippen LogP contribution in [0.2, 0.25) is 0 Å². The second-order valence-electron chi connectivity index (χ2n) is 5.71. The quantitative estimate of drug-likeness (QED) is 0.615. The third-order valence-electron chi connectivity index (χ3n) is 3.76. The highest BCUT2D eigenvalue weighted by Gasteiger charge is 2.15. The van der Waals surface area contributed by atoms with E-state index in [-0.39, 0.29) is 5.97 Å². The third kappa shape index (κ3) is 3.25. The average molecular weight is 293 g/mol. The summed E-state index contributed by atoms with van der Waals surface area (Å²) in [4.78, 5) is 15.7. The summed E-state index contributed by atoms with van der Waals surface area (Å²) >= 11 is 0. The largest absolute Gasteiger partial charge is 0.427 e. The average Bonchev–Trinajstić information content (AvgIpc) is 2.47. The number of rotatable bonds is 2. The number of carbonyl (C=O) groups is 1. The first-order valence-corrected chi connectivity index (χ1v) is 7.57. The van der Waals surface area contributed by atoms with Crippen LogP contribution < -0.4 is 4.74 Å². The van der Waals surface area contributed by atoms with Gasteiger partial charge in [0.1, 0.15) is 5.75 Å². The number of aromatic nitrogens is 1. The van der Waals surface area contributed by atoms with Crippen LogP contribution in [0.1, 0.15) is 42.1 Å². The lowest BCUT2D eigenvalue weighted by Crippen LogP contribution is -2.05. The van der Waals surface area contributed by atoms with Crippen molar-refractivity contribution in [2.75, 3.05) is 0 Å². The summed E-state index contributed by atoms with van der Waals surface area (Å²) in [5.74, 6) is 0.278. The molecule has 1 aliphatic rings. The minimum absolute atomic E-state index is 0.301. The number of hydrogen-bond acceptors (Lipinski definition) is 3. The number of esters is 1. The molecule has 1 aliphatic carbocycles. The number of pyridine rings is 1. The van der Waals surface area contributed by atoms with Gasteiger partial charge in [0.15, 0.2) is 0 Å². The number of fused-ring (bicyclic) bond motifs is 1. The first kappa shape index (κ1) is 14.5. The lowest BCUT2D eigenvalue weighted by atomic mass is 9.89. The zero-order valence-electron chi connectivity index (χ0n) is 12.9. The Balaban J connectivity index is 1.95. The van der Waals surface area contributed by atoms with Crippen molar-refractivity contribution in [3.8, 4) is 5.75 Å². The Morgan fingerprint density at radius 1 is 1.27 bits per heavy atom. The lowest BCUT2D eigenvalue weighted by molar-refractivity contribution is -0.131. The van der Waals surface area contributed by atoms with Gasteiger partial charge in [0, 0.05) is 13.1 Å². The molecule has 0 aliphatic heterocycles. The van der Waals surface area contributed by atoms with E-state index in [1.54, 1.807) is 6.07 Å². The number of benzene rings is 1. The van der Waals surface area contributed by atoms with Crippen molar-refractivity contribution >= 4 is 17.6 Å². The summed E-state index contributed by atoms with van der Waals surface area (Å²) < 4.78 is 5.15. The monoisotopic (exact) mass is 293 g/mol. The van der Waals surface area contributed by atoms with Crippen molar-refractivity contribution in [2.24, 2.45) is 0 Å². The first-order valence-electron chi connectivity index (χ1n) is 7.57. The van der Waals surface area contributed by atoms with Crippen LogP contribution in [0.3, 0.4) is 0 Å². The van der Waals surface area contributed by atoms with Crippen molar-refractivity contribution in [3.05, 3.63) is 58.9 Å². The van der Waals surface area contributed by atoms with E-state index in [1.807, 2.05) is 24.4 Å². The third-order valence-corrected chi connectivity index (χ3v) is 3.76. The van der Waals surface area contributed by atoms with Gasteiger partial charge in [-0.05, 0) is 66.7 Å². The molecule has 0 amide bonds. The number of carbonyl (C=O) groups excluding carboxylic acids is 1. The van der Waals surface area contributed by atoms with E-state index >= 15 is 0 Å². The molecule has 3 heteroatoms. The zero-order valence-corrected chi connectivity index (χ0v) is 12.9. The second kappa shape index (κ2) is 6.14. The molecule has 0 N–H and O–H groups in total. The van der Waals surface area contributed by atoms with Gasteiger partial charge in [-0.1, -0.05) is 18.2 Å². The molecule has 0 radical (unpaired) electrons. The summed E-state index contributed by atoms with van der Waals surface area (Å²) in [5, 5.41) is 0. The number of aryl methyl sites for hydroxylation is 2. The molecule has 22 heavy (non-hydrogen) atoms. The maximum atomic E-state index is 11.1. The van der Waals surface area contributed by atoms with Crippen LogP contribution in [-0.2, 0) is 11.2 Å². The smallest absolute Gasteiger partial charge is 0.308 e. The Morgan fingerprint density at radius 2 is 2.14 bits per heavy atom. The van der Waals surface area contributed by atoms with Gasteiger partial charge in [-0.3, -0.25) is 9.78 Å². The molecule has 0 saturated carbocycles. The van der Waals surface area contributed by atoms with Crippen molar-refractivity contribution in [1.29, 1.82) is 0 Å². The van der Waals surface area contributed by atoms with Gasteiger partial charge in [-0.2, -0.15) is 0 Å². The topological polar surface area (TPSA) is 39.2 Å². The van der Waals surface area contributed by atoms with Gasteiger partial charge in [0.25, 0.3) is 0 Å². The second-order valence-corrected chi connectivity index (χ2v) is 5.71. The van der Waals surface area contributed by atoms with Crippen LogP contribution in [0.15, 0.2) is 36.5 Å². The van der Waals surface area contributed by atoms with Crippen molar-refractivity contribution in [3.63, 3.8) is 0 Å². The van der Waals surface area contributed by atoms with E-state index in [1.165, 1.54) is 23.6 Å². The van der Waals surface area contributed by atoms with Gasteiger partial charge in [-0.25, -0.2) is 0 Å². The standard InChI is InChI=1S/C19H19NO2/c1-13-9-16-6-4-7-17(19(16)20-12-13)10-15-5-3-8-18(11-15)22-14(2)21/h3,5,8-12H,4,6-7H2,1-2H3/b17-10+. The zero-order chi connectivity index (χ0) is 15.5. The Bertz CT molecular complexity index is 747. The van der Waals surface area contributed by atoms with Gasteiger partial charge in [-0.15, -0.1) is 0 Å². The maximum Gasteiger partial charge on any atom is 0.308 e. The minimum Gasteiger partial charge on any atom is -0.427 e. The van der Waals surface area contributed by atoms with Gasteiger partial charge in [0.2, 0.25) is 0 Å². The summed E-state index contributed by atoms with van der Waals surface area (Å²) in [7, 11) is 0. The van der Waals surface area contributed by atoms with E-state index in [0.717, 1.165) is 30.5 Å². The predicted molar refractivity (Wildman–Crippen MR) is 87.5 cm³/mol. The summed E-state index contributed by atoms with van der Waals surface area (Å²) in [6.45, 7) is 3.49. The molecule has 1 aromatic heterocycles. The molecular weight excluding hydrogens is 274 g/mol. The molecule has 0 bridgehead atoms. The fraction of sp³-hybridized carbons (Fsp3) is 0.263. The maximum absolute atomic E-state index is 11.1. The van der Waals surface area contributed by atoms with E-state index < -0.39 is 0 Å². The molecule has 3 nitrogen and oxygen atoms in total. The fourth-order valence-electron chi connectivity index (χ4n) is 2.87. The predicted octanol–water partition coefficient (Wildman–Crippen LogP) is 4.19. The van der Waals surface area contributed by atoms with Crippen LogP contribution in [0.25, 0.3) is 11.6 Å². The van der Waals surface area contributed by atoms with Crippen LogP contribution in [0, 0.1) is 6.92 Å². The van der Waals surface area contributed by atoms with E-state index in [4.69, 9.17) is 4.74 Å². The summed E-state index contributed by atoms with van der Waals surface area (Å²) in [5.41, 5.74) is 5.92. The van der Waals surface area contributed by atoms with Gasteiger partial charge in [0.05, 0.1) is 5.69 Å². The fourth-order valence-corrected chi connectivity index (χ4v) is 2.87. The van der Waals surface area contributed by atoms with Crippen molar-refractivity contribution in [1.82, 2.24) is 4.98 Å². The normalized spacial score (nSPS) is 15.5. The lowest BCUT2D eigenvalue weighted by Gasteiger charge is -2.18. The van der Waals surface area contributed by atoms with E-state index in [0.29, 0.717) is 5.75 Å². The Morgan fingerprint density at radius 3 is 2.95 bits per heavy atom. The number of nitrogens with zero attached hydrogens (tertiary/aromatic N) is 1. The number of allylic oxidation sites excluding steroid dienone is 1. The number of ether oxygens (including phenoxy) is 1. The molecule has 0 unspecified atom stereocenters. The molecule has 1 heterocycles. The first-order chi connectivity index (χ1) is 10.6. The van der Waals surface area contributed by atoms with Crippen LogP contribution in [-0.4, -0.2) is 11.0 Å². The number of hydrogen-bond donors (Lipinski definition) is 0. The highest BCUT2D eigenvalue weighted by molar-refractivity contribution is 5.82. The molecule has 112 valence electrons. The Labute approximate surface area is 130 Å². The highest BCUT2D eigenvalue weighted by atomic mass is 16.5. The Hall–Kier alpha value is -2.42. The molecule has 0 fully saturated rings. The Kier molecular flexibility index (Phi) is 4.05. The molecule has 0 saturated heterocycles. The van der Waals surface area contributed by atoms with E-state index in [9.17, 15) is 4.79 Å². The molecule has 0 spiro atoms. The van der Waals surface area contributed by atoms with Crippen LogP contribution >= 0.6 is 0 Å². The summed E-state index contributed by atoms with van der Waals surface area (Å²) in [6, 6.07) is 9.82. The molecule has 1 aromatic carbocycles. The molecule has 0 atom stereocenters. The van der Waals surface area contributed by atoms with Crippen molar-refractivity contribution in [2.45, 2.75) is 33.1 Å². The summed E-state index contributed by atoms with van der Waals surface area (Å²) in [6.07, 6.45) is 7.34. The van der Waals surface area contributed by atoms with Gasteiger partial charge >= 0.3 is 5.97 Å². The minimum atomic E-state index is -0.301.